The molecule has 0 bridgehead atoms. The van der Waals surface area contributed by atoms with Gasteiger partial charge in [-0.3, -0.25) is 9.35 Å². The topological polar surface area (TPSA) is 212 Å². The molecular weight excluding hydrogens is 899 g/mol. The average molecular weight is 1000 g/mol. The molecule has 0 spiro atoms. The lowest BCUT2D eigenvalue weighted by molar-refractivity contribution is -0.298. The molecule has 0 aliphatic carbocycles. The summed E-state index contributed by atoms with van der Waals surface area (Å²) in [7, 11) is -5.11. The normalized spacial score (nSPS) is 20.4. The SMILES string of the molecule is CCCC/C=C/C(O)C(COC1OC(CO)C(O)C(OS(=O)(=O)O)C1O)NC(=O)C(O)CCCCCCCCCCCCCCCCCC/C=C\C/C=C\CCCCCCCCCCCCCCC. The highest BCUT2D eigenvalue weighted by atomic mass is 32.3. The largest absolute Gasteiger partial charge is 0.397 e. The minimum Gasteiger partial charge on any atom is -0.394 e. The Labute approximate surface area is 420 Å². The van der Waals surface area contributed by atoms with Crippen molar-refractivity contribution in [3.63, 3.8) is 0 Å². The first-order valence-electron chi connectivity index (χ1n) is 28.0. The molecule has 13 nitrogen and oxygen atoms in total. The predicted octanol–water partition coefficient (Wildman–Crippen LogP) is 11.6. The van der Waals surface area contributed by atoms with Crippen LogP contribution in [-0.4, -0.2) is 107 Å². The van der Waals surface area contributed by atoms with Gasteiger partial charge in [0.2, 0.25) is 5.91 Å². The molecule has 1 fully saturated rings. The minimum atomic E-state index is -5.11. The summed E-state index contributed by atoms with van der Waals surface area (Å²) in [6.07, 6.45) is 45.2. The number of unbranched alkanes of at least 4 members (excludes halogenated alkanes) is 31. The van der Waals surface area contributed by atoms with Gasteiger partial charge in [0.05, 0.1) is 25.4 Å². The molecule has 0 saturated carbocycles. The Morgan fingerprint density at radius 2 is 1.01 bits per heavy atom. The van der Waals surface area contributed by atoms with Crippen LogP contribution in [-0.2, 0) is 28.9 Å². The first kappa shape index (κ1) is 65.3. The number of hydrogen-bond donors (Lipinski definition) is 7. The van der Waals surface area contributed by atoms with E-state index in [1.807, 2.05) is 6.92 Å². The number of carbonyl (C=O) groups is 1. The molecule has 14 heteroatoms. The number of ether oxygens (including phenoxy) is 2. The molecule has 1 aliphatic heterocycles. The van der Waals surface area contributed by atoms with Gasteiger partial charge in [-0.1, -0.05) is 237 Å². The molecule has 1 aliphatic rings. The number of hydrogen-bond acceptors (Lipinski definition) is 11. The van der Waals surface area contributed by atoms with E-state index in [1.54, 1.807) is 6.08 Å². The van der Waals surface area contributed by atoms with E-state index in [4.69, 9.17) is 14.0 Å². The van der Waals surface area contributed by atoms with Crippen molar-refractivity contribution in [3.8, 4) is 0 Å². The average Bonchev–Trinajstić information content (AvgIpc) is 3.32. The van der Waals surface area contributed by atoms with E-state index >= 15 is 0 Å². The first-order valence-corrected chi connectivity index (χ1v) is 29.3. The van der Waals surface area contributed by atoms with E-state index in [-0.39, 0.29) is 6.42 Å². The van der Waals surface area contributed by atoms with Crippen LogP contribution in [0.5, 0.6) is 0 Å². The summed E-state index contributed by atoms with van der Waals surface area (Å²) in [4.78, 5) is 13.0. The van der Waals surface area contributed by atoms with Crippen molar-refractivity contribution in [2.24, 2.45) is 0 Å². The Kier molecular flexibility index (Phi) is 42.5. The Hall–Kier alpha value is -1.72. The van der Waals surface area contributed by atoms with Crippen molar-refractivity contribution in [2.45, 2.75) is 294 Å². The third-order valence-electron chi connectivity index (χ3n) is 13.3. The van der Waals surface area contributed by atoms with Gasteiger partial charge in [0.25, 0.3) is 0 Å². The zero-order valence-corrected chi connectivity index (χ0v) is 44.3. The van der Waals surface area contributed by atoms with Crippen LogP contribution in [0.15, 0.2) is 36.5 Å². The Morgan fingerprint density at radius 1 is 0.594 bits per heavy atom. The molecule has 8 atom stereocenters. The Balaban J connectivity index is 2.08. The fourth-order valence-electron chi connectivity index (χ4n) is 8.83. The smallest absolute Gasteiger partial charge is 0.394 e. The monoisotopic (exact) mass is 1000 g/mol. The van der Waals surface area contributed by atoms with Crippen LogP contribution >= 0.6 is 0 Å². The Morgan fingerprint density at radius 3 is 1.45 bits per heavy atom. The van der Waals surface area contributed by atoms with Crippen molar-refractivity contribution in [1.82, 2.24) is 5.32 Å². The molecule has 8 unspecified atom stereocenters. The number of nitrogens with one attached hydrogen (secondary N) is 1. The molecule has 0 radical (unpaired) electrons. The highest BCUT2D eigenvalue weighted by molar-refractivity contribution is 7.80. The highest BCUT2D eigenvalue weighted by Crippen LogP contribution is 2.26. The first-order chi connectivity index (χ1) is 33.4. The third-order valence-corrected chi connectivity index (χ3v) is 13.7. The van der Waals surface area contributed by atoms with Crippen molar-refractivity contribution < 1.29 is 57.0 Å². The van der Waals surface area contributed by atoms with E-state index in [0.29, 0.717) is 12.8 Å². The van der Waals surface area contributed by atoms with Gasteiger partial charge in [-0.05, 0) is 44.9 Å². The summed E-state index contributed by atoms with van der Waals surface area (Å²) in [6.45, 7) is 3.04. The van der Waals surface area contributed by atoms with Gasteiger partial charge in [0.1, 0.15) is 30.5 Å². The van der Waals surface area contributed by atoms with Crippen molar-refractivity contribution in [3.05, 3.63) is 36.5 Å². The standard InChI is InChI=1S/C55H103NO12S/c1-3-5-7-9-10-11-12-13-14-15-16-17-18-19-20-21-22-23-24-25-26-27-28-29-30-31-32-33-34-35-36-37-38-39-40-42-44-49(59)54(62)56-47(48(58)43-41-8-6-4-2)46-66-55-52(61)53(68-69(63,64)65)51(60)50(45-57)67-55/h20-21,23-24,41,43,47-53,55,57-61H,3-19,22,25-40,42,44-46H2,1-2H3,(H,56,62)(H,63,64,65)/b21-20-,24-23-,43-41+. The van der Waals surface area contributed by atoms with Crippen molar-refractivity contribution in [1.29, 1.82) is 0 Å². The molecule has 1 amide bonds. The van der Waals surface area contributed by atoms with Gasteiger partial charge in [0.15, 0.2) is 6.29 Å². The number of rotatable bonds is 48. The second-order valence-corrected chi connectivity index (χ2v) is 20.7. The zero-order valence-electron chi connectivity index (χ0n) is 43.5. The quantitative estimate of drug-likeness (QED) is 0.0172. The molecule has 1 heterocycles. The van der Waals surface area contributed by atoms with E-state index in [2.05, 4.69) is 40.7 Å². The second-order valence-electron chi connectivity index (χ2n) is 19.7. The summed E-state index contributed by atoms with van der Waals surface area (Å²) in [5, 5.41) is 54.7. The number of amides is 1. The van der Waals surface area contributed by atoms with E-state index in [1.165, 1.54) is 179 Å². The molecule has 0 aromatic heterocycles. The summed E-state index contributed by atoms with van der Waals surface area (Å²) in [5.74, 6) is -0.710. The van der Waals surface area contributed by atoms with Gasteiger partial charge in [-0.15, -0.1) is 0 Å². The van der Waals surface area contributed by atoms with Crippen LogP contribution < -0.4 is 5.32 Å². The number of carbonyl (C=O) groups excluding carboxylic acids is 1. The Bertz CT molecular complexity index is 1380. The maximum absolute atomic E-state index is 13.0. The molecule has 0 aromatic rings. The van der Waals surface area contributed by atoms with Gasteiger partial charge in [-0.25, -0.2) is 4.18 Å². The van der Waals surface area contributed by atoms with Crippen LogP contribution in [0.1, 0.15) is 245 Å². The third kappa shape index (κ3) is 36.8. The number of allylic oxidation sites excluding steroid dienone is 5. The molecule has 0 aromatic carbocycles. The van der Waals surface area contributed by atoms with E-state index in [9.17, 15) is 38.7 Å². The molecule has 1 rings (SSSR count). The van der Waals surface area contributed by atoms with Gasteiger partial charge < -0.3 is 40.3 Å². The predicted molar refractivity (Wildman–Crippen MR) is 279 cm³/mol. The second kappa shape index (κ2) is 44.9. The fourth-order valence-corrected chi connectivity index (χ4v) is 9.34. The molecule has 1 saturated heterocycles. The number of aliphatic hydroxyl groups is 5. The molecule has 69 heavy (non-hydrogen) atoms. The van der Waals surface area contributed by atoms with Gasteiger partial charge >= 0.3 is 10.4 Å². The van der Waals surface area contributed by atoms with Gasteiger partial charge in [-0.2, -0.15) is 8.42 Å². The summed E-state index contributed by atoms with van der Waals surface area (Å²) >= 11 is 0. The van der Waals surface area contributed by atoms with E-state index < -0.39 is 78.5 Å². The van der Waals surface area contributed by atoms with Gasteiger partial charge in [0, 0.05) is 0 Å². The summed E-state index contributed by atoms with van der Waals surface area (Å²) in [5.41, 5.74) is 0. The van der Waals surface area contributed by atoms with Crippen molar-refractivity contribution in [2.75, 3.05) is 13.2 Å². The van der Waals surface area contributed by atoms with Crippen LogP contribution in [0.2, 0.25) is 0 Å². The summed E-state index contributed by atoms with van der Waals surface area (Å²) < 4.78 is 47.2. The highest BCUT2D eigenvalue weighted by Gasteiger charge is 2.48. The molecule has 406 valence electrons. The van der Waals surface area contributed by atoms with Crippen LogP contribution in [0.25, 0.3) is 0 Å². The van der Waals surface area contributed by atoms with Crippen molar-refractivity contribution >= 4 is 16.3 Å². The maximum Gasteiger partial charge on any atom is 0.397 e. The van der Waals surface area contributed by atoms with Crippen LogP contribution in [0.3, 0.4) is 0 Å². The lowest BCUT2D eigenvalue weighted by Gasteiger charge is -2.41. The summed E-state index contributed by atoms with van der Waals surface area (Å²) in [6, 6.07) is -1.12. The lowest BCUT2D eigenvalue weighted by Crippen LogP contribution is -2.61. The fraction of sp³-hybridized carbons (Fsp3) is 0.873. The minimum absolute atomic E-state index is 0.242. The van der Waals surface area contributed by atoms with Crippen LogP contribution in [0, 0.1) is 0 Å². The lowest BCUT2D eigenvalue weighted by atomic mass is 9.99. The molecule has 7 N–H and O–H groups in total. The maximum atomic E-state index is 13.0. The molecular formula is C55H103NO12S. The number of aliphatic hydroxyl groups excluding tert-OH is 5. The van der Waals surface area contributed by atoms with E-state index in [0.717, 1.165) is 38.5 Å². The zero-order chi connectivity index (χ0) is 50.6. The van der Waals surface area contributed by atoms with Crippen LogP contribution in [0.4, 0.5) is 0 Å².